The standard InChI is InChI=1S/C28H26O9/c1-32-19-8-5-17(6-9-19)26(29)20(11-16-12-23(33-2)27(35-4)24(13-16)34-3)25(28(30)31)18-7-10-21-22(14-18)37-15-36-21/h5-10,12-14H,11,15H2,1-4H3,(H,30,31)/b25-20-. The summed E-state index contributed by atoms with van der Waals surface area (Å²) in [5.41, 5.74) is 1.10. The fourth-order valence-electron chi connectivity index (χ4n) is 4.12. The number of allylic oxidation sites excluding steroid dienone is 1. The maximum atomic E-state index is 13.8. The maximum absolute atomic E-state index is 13.8. The predicted molar refractivity (Wildman–Crippen MR) is 134 cm³/mol. The lowest BCUT2D eigenvalue weighted by Gasteiger charge is -2.17. The monoisotopic (exact) mass is 506 g/mol. The molecule has 0 bridgehead atoms. The van der Waals surface area contributed by atoms with Crippen LogP contribution in [0.2, 0.25) is 0 Å². The van der Waals surface area contributed by atoms with Crippen LogP contribution in [0.5, 0.6) is 34.5 Å². The van der Waals surface area contributed by atoms with E-state index >= 15 is 0 Å². The number of carbonyl (C=O) groups is 2. The summed E-state index contributed by atoms with van der Waals surface area (Å²) in [6, 6.07) is 14.6. The highest BCUT2D eigenvalue weighted by Crippen LogP contribution is 2.40. The van der Waals surface area contributed by atoms with Crippen molar-refractivity contribution in [3.63, 3.8) is 0 Å². The molecular formula is C28H26O9. The third kappa shape index (κ3) is 5.16. The van der Waals surface area contributed by atoms with Gasteiger partial charge in [-0.2, -0.15) is 0 Å². The van der Waals surface area contributed by atoms with E-state index in [0.29, 0.717) is 51.2 Å². The summed E-state index contributed by atoms with van der Waals surface area (Å²) >= 11 is 0. The van der Waals surface area contributed by atoms with Crippen LogP contribution >= 0.6 is 0 Å². The number of aliphatic carboxylic acids is 1. The van der Waals surface area contributed by atoms with Crippen molar-refractivity contribution >= 4 is 17.3 Å². The van der Waals surface area contributed by atoms with Crippen molar-refractivity contribution in [2.24, 2.45) is 0 Å². The molecule has 3 aromatic rings. The summed E-state index contributed by atoms with van der Waals surface area (Å²) < 4.78 is 32.3. The van der Waals surface area contributed by atoms with E-state index in [2.05, 4.69) is 0 Å². The molecule has 0 spiro atoms. The van der Waals surface area contributed by atoms with E-state index in [1.165, 1.54) is 28.4 Å². The topological polar surface area (TPSA) is 110 Å². The molecule has 1 N–H and O–H groups in total. The number of rotatable bonds is 10. The van der Waals surface area contributed by atoms with E-state index in [4.69, 9.17) is 28.4 Å². The Balaban J connectivity index is 1.90. The van der Waals surface area contributed by atoms with Crippen LogP contribution in [0, 0.1) is 0 Å². The molecule has 3 aromatic carbocycles. The Labute approximate surface area is 213 Å². The Morgan fingerprint density at radius 1 is 0.784 bits per heavy atom. The van der Waals surface area contributed by atoms with Crippen molar-refractivity contribution in [2.45, 2.75) is 6.42 Å². The lowest BCUT2D eigenvalue weighted by Crippen LogP contribution is -2.14. The van der Waals surface area contributed by atoms with Crippen LogP contribution in [0.3, 0.4) is 0 Å². The summed E-state index contributed by atoms with van der Waals surface area (Å²) in [6.45, 7) is 0.0357. The normalized spacial score (nSPS) is 12.4. The van der Waals surface area contributed by atoms with Gasteiger partial charge in [0.1, 0.15) is 5.75 Å². The highest BCUT2D eigenvalue weighted by Gasteiger charge is 2.27. The quantitative estimate of drug-likeness (QED) is 0.316. The Bertz CT molecular complexity index is 1330. The molecule has 0 atom stereocenters. The third-order valence-electron chi connectivity index (χ3n) is 5.91. The molecule has 1 aliphatic rings. The average molecular weight is 507 g/mol. The Morgan fingerprint density at radius 3 is 1.97 bits per heavy atom. The van der Waals surface area contributed by atoms with E-state index in [-0.39, 0.29) is 24.4 Å². The number of carboxylic acid groups (broad SMARTS) is 1. The largest absolute Gasteiger partial charge is 0.497 e. The molecule has 0 radical (unpaired) electrons. The summed E-state index contributed by atoms with van der Waals surface area (Å²) in [4.78, 5) is 26.5. The summed E-state index contributed by atoms with van der Waals surface area (Å²) in [5, 5.41) is 10.3. The Kier molecular flexibility index (Phi) is 7.52. The molecule has 4 rings (SSSR count). The second kappa shape index (κ2) is 10.9. The van der Waals surface area contributed by atoms with Crippen LogP contribution in [0.1, 0.15) is 21.5 Å². The van der Waals surface area contributed by atoms with Gasteiger partial charge >= 0.3 is 5.97 Å². The molecule has 0 fully saturated rings. The van der Waals surface area contributed by atoms with E-state index in [1.807, 2.05) is 0 Å². The highest BCUT2D eigenvalue weighted by molar-refractivity contribution is 6.26. The van der Waals surface area contributed by atoms with Gasteiger partial charge in [0, 0.05) is 17.6 Å². The van der Waals surface area contributed by atoms with Crippen LogP contribution < -0.4 is 28.4 Å². The van der Waals surface area contributed by atoms with Gasteiger partial charge in [-0.15, -0.1) is 0 Å². The molecule has 9 nitrogen and oxygen atoms in total. The van der Waals surface area contributed by atoms with Crippen LogP contribution in [0.15, 0.2) is 60.2 Å². The van der Waals surface area contributed by atoms with Gasteiger partial charge in [0.05, 0.1) is 34.0 Å². The van der Waals surface area contributed by atoms with Gasteiger partial charge in [-0.1, -0.05) is 6.07 Å². The Hall–Kier alpha value is -4.66. The number of carbonyl (C=O) groups excluding carboxylic acids is 1. The zero-order chi connectivity index (χ0) is 26.5. The minimum Gasteiger partial charge on any atom is -0.497 e. The molecule has 1 heterocycles. The molecule has 192 valence electrons. The molecule has 0 aromatic heterocycles. The molecule has 1 aliphatic heterocycles. The van der Waals surface area contributed by atoms with E-state index in [9.17, 15) is 14.7 Å². The molecule has 9 heteroatoms. The van der Waals surface area contributed by atoms with Crippen molar-refractivity contribution in [3.05, 3.63) is 76.9 Å². The molecule has 37 heavy (non-hydrogen) atoms. The number of methoxy groups -OCH3 is 4. The van der Waals surface area contributed by atoms with Crippen LogP contribution in [0.25, 0.3) is 5.57 Å². The first-order chi connectivity index (χ1) is 17.9. The van der Waals surface area contributed by atoms with Crippen LogP contribution in [-0.2, 0) is 11.2 Å². The molecule has 0 saturated heterocycles. The number of ether oxygens (including phenoxy) is 6. The number of hydrogen-bond donors (Lipinski definition) is 1. The molecule has 0 saturated carbocycles. The summed E-state index contributed by atoms with van der Waals surface area (Å²) in [6.07, 6.45) is -0.0301. The van der Waals surface area contributed by atoms with E-state index < -0.39 is 11.8 Å². The first-order valence-corrected chi connectivity index (χ1v) is 11.2. The van der Waals surface area contributed by atoms with Gasteiger partial charge < -0.3 is 33.5 Å². The van der Waals surface area contributed by atoms with E-state index in [1.54, 1.807) is 54.6 Å². The number of benzene rings is 3. The molecular weight excluding hydrogens is 480 g/mol. The van der Waals surface area contributed by atoms with Gasteiger partial charge in [-0.05, 0) is 59.7 Å². The third-order valence-corrected chi connectivity index (χ3v) is 5.91. The van der Waals surface area contributed by atoms with Gasteiger partial charge in [-0.25, -0.2) is 4.79 Å². The molecule has 0 aliphatic carbocycles. The smallest absolute Gasteiger partial charge is 0.336 e. The first-order valence-electron chi connectivity index (χ1n) is 11.2. The number of ketones is 1. The maximum Gasteiger partial charge on any atom is 0.336 e. The van der Waals surface area contributed by atoms with Gasteiger partial charge in [0.25, 0.3) is 0 Å². The van der Waals surface area contributed by atoms with Gasteiger partial charge in [0.15, 0.2) is 28.8 Å². The van der Waals surface area contributed by atoms with Crippen molar-refractivity contribution < 1.29 is 43.1 Å². The number of carboxylic acids is 1. The van der Waals surface area contributed by atoms with E-state index in [0.717, 1.165) is 0 Å². The summed E-state index contributed by atoms with van der Waals surface area (Å²) in [5.74, 6) is 0.910. The van der Waals surface area contributed by atoms with Crippen molar-refractivity contribution in [1.29, 1.82) is 0 Å². The van der Waals surface area contributed by atoms with Crippen molar-refractivity contribution in [2.75, 3.05) is 35.2 Å². The summed E-state index contributed by atoms with van der Waals surface area (Å²) in [7, 11) is 5.97. The molecule has 0 unspecified atom stereocenters. The fraction of sp³-hybridized carbons (Fsp3) is 0.214. The zero-order valence-corrected chi connectivity index (χ0v) is 20.8. The average Bonchev–Trinajstić information content (AvgIpc) is 3.39. The van der Waals surface area contributed by atoms with Gasteiger partial charge in [0.2, 0.25) is 12.5 Å². The predicted octanol–water partition coefficient (Wildman–Crippen LogP) is 4.41. The number of hydrogen-bond acceptors (Lipinski definition) is 8. The second-order valence-corrected chi connectivity index (χ2v) is 7.99. The second-order valence-electron chi connectivity index (χ2n) is 7.99. The fourth-order valence-corrected chi connectivity index (χ4v) is 4.12. The highest BCUT2D eigenvalue weighted by atomic mass is 16.7. The lowest BCUT2D eigenvalue weighted by atomic mass is 9.89. The van der Waals surface area contributed by atoms with Crippen LogP contribution in [-0.4, -0.2) is 52.1 Å². The minimum absolute atomic E-state index is 0.0301. The molecule has 0 amide bonds. The van der Waals surface area contributed by atoms with Crippen molar-refractivity contribution in [1.82, 2.24) is 0 Å². The van der Waals surface area contributed by atoms with Crippen LogP contribution in [0.4, 0.5) is 0 Å². The lowest BCUT2D eigenvalue weighted by molar-refractivity contribution is -0.130. The SMILES string of the molecule is COc1ccc(C(=O)/C(Cc2cc(OC)c(OC)c(OC)c2)=C(\C(=O)O)c2ccc3c(c2)OCO3)cc1. The Morgan fingerprint density at radius 2 is 1.41 bits per heavy atom. The number of Topliss-reactive ketones (excluding diaryl/α,β-unsaturated/α-hetero) is 1. The minimum atomic E-state index is -1.26. The first kappa shape index (κ1) is 25.4. The zero-order valence-electron chi connectivity index (χ0n) is 20.8. The number of fused-ring (bicyclic) bond motifs is 1. The van der Waals surface area contributed by atoms with Crippen molar-refractivity contribution in [3.8, 4) is 34.5 Å². The van der Waals surface area contributed by atoms with Gasteiger partial charge in [-0.3, -0.25) is 4.79 Å².